The van der Waals surface area contributed by atoms with E-state index < -0.39 is 12.0 Å². The first-order valence-corrected chi connectivity index (χ1v) is 7.71. The van der Waals surface area contributed by atoms with Gasteiger partial charge in [-0.25, -0.2) is 4.79 Å². The van der Waals surface area contributed by atoms with Gasteiger partial charge in [-0.05, 0) is 42.4 Å². The molecule has 3 atom stereocenters. The second-order valence-corrected chi connectivity index (χ2v) is 6.42. The third-order valence-electron chi connectivity index (χ3n) is 4.73. The lowest BCUT2D eigenvalue weighted by molar-refractivity contribution is -0.149. The molecule has 1 aromatic rings. The number of carboxylic acids is 1. The third-order valence-corrected chi connectivity index (χ3v) is 4.98. The van der Waals surface area contributed by atoms with Crippen molar-refractivity contribution < 1.29 is 14.7 Å². The summed E-state index contributed by atoms with van der Waals surface area (Å²) in [6, 6.07) is 6.48. The van der Waals surface area contributed by atoms with Crippen LogP contribution in [0.1, 0.15) is 24.8 Å². The van der Waals surface area contributed by atoms with Gasteiger partial charge in [-0.2, -0.15) is 0 Å². The van der Waals surface area contributed by atoms with Crippen LogP contribution < -0.4 is 0 Å². The maximum Gasteiger partial charge on any atom is 0.326 e. The van der Waals surface area contributed by atoms with Crippen molar-refractivity contribution in [1.82, 2.24) is 4.90 Å². The molecular formula is C16H18ClNO3. The molecule has 112 valence electrons. The number of carbonyl (C=O) groups excluding carboxylic acids is 1. The number of carboxylic acid groups (broad SMARTS) is 1. The summed E-state index contributed by atoms with van der Waals surface area (Å²) in [7, 11) is 0. The standard InChI is InChI=1S/C16H18ClNO3/c17-12-6-4-10(5-7-12)8-14(19)18-9-11-2-1-3-13(11)15(18)16(20)21/h4-7,11,13,15H,1-3,8-9H2,(H,20,21). The molecule has 1 aliphatic carbocycles. The number of benzene rings is 1. The molecule has 0 bridgehead atoms. The van der Waals surface area contributed by atoms with Gasteiger partial charge in [0.1, 0.15) is 6.04 Å². The Balaban J connectivity index is 1.74. The van der Waals surface area contributed by atoms with Gasteiger partial charge in [-0.1, -0.05) is 30.2 Å². The van der Waals surface area contributed by atoms with Crippen LogP contribution in [0, 0.1) is 11.8 Å². The highest BCUT2D eigenvalue weighted by atomic mass is 35.5. The van der Waals surface area contributed by atoms with Crippen LogP contribution in [-0.2, 0) is 16.0 Å². The van der Waals surface area contributed by atoms with Crippen LogP contribution >= 0.6 is 11.6 Å². The summed E-state index contributed by atoms with van der Waals surface area (Å²) in [5, 5.41) is 10.1. The number of halogens is 1. The molecule has 1 amide bonds. The number of hydrogen-bond acceptors (Lipinski definition) is 2. The van der Waals surface area contributed by atoms with Crippen molar-refractivity contribution in [2.75, 3.05) is 6.54 Å². The topological polar surface area (TPSA) is 57.6 Å². The Hall–Kier alpha value is -1.55. The minimum atomic E-state index is -0.867. The summed E-state index contributed by atoms with van der Waals surface area (Å²) in [5.74, 6) is -0.468. The van der Waals surface area contributed by atoms with E-state index >= 15 is 0 Å². The van der Waals surface area contributed by atoms with Crippen LogP contribution in [0.2, 0.25) is 5.02 Å². The summed E-state index contributed by atoms with van der Waals surface area (Å²) in [6.45, 7) is 0.591. The Bertz CT molecular complexity index is 557. The van der Waals surface area contributed by atoms with Crippen molar-refractivity contribution in [2.24, 2.45) is 11.8 Å². The Morgan fingerprint density at radius 3 is 2.62 bits per heavy atom. The Morgan fingerprint density at radius 1 is 1.24 bits per heavy atom. The van der Waals surface area contributed by atoms with E-state index in [0.29, 0.717) is 17.5 Å². The van der Waals surface area contributed by atoms with Crippen LogP contribution in [0.5, 0.6) is 0 Å². The number of fused-ring (bicyclic) bond motifs is 1. The highest BCUT2D eigenvalue weighted by Crippen LogP contribution is 2.42. The van der Waals surface area contributed by atoms with E-state index in [1.165, 1.54) is 0 Å². The zero-order valence-electron chi connectivity index (χ0n) is 11.7. The number of nitrogens with zero attached hydrogens (tertiary/aromatic N) is 1. The molecule has 1 aromatic carbocycles. The van der Waals surface area contributed by atoms with Gasteiger partial charge in [0, 0.05) is 11.6 Å². The first-order chi connectivity index (χ1) is 10.1. The van der Waals surface area contributed by atoms with Crippen LogP contribution in [0.3, 0.4) is 0 Å². The fraction of sp³-hybridized carbons (Fsp3) is 0.500. The maximum atomic E-state index is 12.5. The fourth-order valence-corrected chi connectivity index (χ4v) is 3.88. The number of amides is 1. The van der Waals surface area contributed by atoms with Gasteiger partial charge in [0.15, 0.2) is 0 Å². The normalized spacial score (nSPS) is 27.7. The molecule has 2 aliphatic rings. The summed E-state index contributed by atoms with van der Waals surface area (Å²) in [6.07, 6.45) is 3.28. The SMILES string of the molecule is O=C(O)C1C2CCCC2CN1C(=O)Cc1ccc(Cl)cc1. The smallest absolute Gasteiger partial charge is 0.326 e. The van der Waals surface area contributed by atoms with Crippen molar-refractivity contribution in [2.45, 2.75) is 31.7 Å². The molecule has 3 rings (SSSR count). The lowest BCUT2D eigenvalue weighted by atomic mass is 9.94. The predicted octanol–water partition coefficient (Wildman–Crippen LogP) is 2.59. The van der Waals surface area contributed by atoms with Crippen molar-refractivity contribution in [1.29, 1.82) is 0 Å². The van der Waals surface area contributed by atoms with Crippen molar-refractivity contribution in [3.8, 4) is 0 Å². The van der Waals surface area contributed by atoms with Gasteiger partial charge >= 0.3 is 5.97 Å². The third kappa shape index (κ3) is 2.77. The number of rotatable bonds is 3. The zero-order valence-corrected chi connectivity index (χ0v) is 12.4. The largest absolute Gasteiger partial charge is 0.480 e. The molecule has 0 radical (unpaired) electrons. The van der Waals surface area contributed by atoms with Gasteiger partial charge in [-0.3, -0.25) is 4.79 Å². The second-order valence-electron chi connectivity index (χ2n) is 5.99. The second kappa shape index (κ2) is 5.68. The number of aliphatic carboxylic acids is 1. The molecule has 0 aromatic heterocycles. The molecule has 0 spiro atoms. The van der Waals surface area contributed by atoms with E-state index in [-0.39, 0.29) is 18.2 Å². The van der Waals surface area contributed by atoms with Gasteiger partial charge in [-0.15, -0.1) is 0 Å². The zero-order chi connectivity index (χ0) is 15.0. The lowest BCUT2D eigenvalue weighted by Crippen LogP contribution is -2.43. The molecule has 2 fully saturated rings. The molecule has 1 saturated heterocycles. The van der Waals surface area contributed by atoms with Crippen molar-refractivity contribution in [3.05, 3.63) is 34.9 Å². The first kappa shape index (κ1) is 14.4. The van der Waals surface area contributed by atoms with Crippen LogP contribution in [0.4, 0.5) is 0 Å². The Morgan fingerprint density at radius 2 is 1.95 bits per heavy atom. The average Bonchev–Trinajstić information content (AvgIpc) is 3.00. The van der Waals surface area contributed by atoms with Gasteiger partial charge in [0.25, 0.3) is 0 Å². The highest BCUT2D eigenvalue weighted by molar-refractivity contribution is 6.30. The molecule has 1 saturated carbocycles. The Labute approximate surface area is 128 Å². The lowest BCUT2D eigenvalue weighted by Gasteiger charge is -2.24. The summed E-state index contributed by atoms with van der Waals surface area (Å²) < 4.78 is 0. The van der Waals surface area contributed by atoms with Crippen LogP contribution in [0.25, 0.3) is 0 Å². The van der Waals surface area contributed by atoms with E-state index in [0.717, 1.165) is 24.8 Å². The maximum absolute atomic E-state index is 12.5. The van der Waals surface area contributed by atoms with E-state index in [9.17, 15) is 14.7 Å². The first-order valence-electron chi connectivity index (χ1n) is 7.33. The minimum Gasteiger partial charge on any atom is -0.480 e. The summed E-state index contributed by atoms with van der Waals surface area (Å²) >= 11 is 5.83. The molecule has 1 heterocycles. The van der Waals surface area contributed by atoms with Gasteiger partial charge in [0.2, 0.25) is 5.91 Å². The molecule has 1 aliphatic heterocycles. The predicted molar refractivity (Wildman–Crippen MR) is 79.1 cm³/mol. The van der Waals surface area contributed by atoms with Crippen molar-refractivity contribution in [3.63, 3.8) is 0 Å². The molecule has 21 heavy (non-hydrogen) atoms. The minimum absolute atomic E-state index is 0.0980. The molecule has 4 nitrogen and oxygen atoms in total. The van der Waals surface area contributed by atoms with E-state index in [1.807, 2.05) is 12.1 Å². The molecule has 5 heteroatoms. The molecule has 1 N–H and O–H groups in total. The summed E-state index contributed by atoms with van der Waals surface area (Å²) in [5.41, 5.74) is 0.866. The number of hydrogen-bond donors (Lipinski definition) is 1. The number of likely N-dealkylation sites (tertiary alicyclic amines) is 1. The van der Waals surface area contributed by atoms with Crippen LogP contribution in [-0.4, -0.2) is 34.5 Å². The van der Waals surface area contributed by atoms with E-state index in [4.69, 9.17) is 11.6 Å². The Kier molecular flexibility index (Phi) is 3.89. The van der Waals surface area contributed by atoms with Gasteiger partial charge < -0.3 is 10.0 Å². The van der Waals surface area contributed by atoms with Gasteiger partial charge in [0.05, 0.1) is 6.42 Å². The number of carbonyl (C=O) groups is 2. The molecular weight excluding hydrogens is 290 g/mol. The van der Waals surface area contributed by atoms with E-state index in [1.54, 1.807) is 17.0 Å². The van der Waals surface area contributed by atoms with E-state index in [2.05, 4.69) is 0 Å². The van der Waals surface area contributed by atoms with Crippen molar-refractivity contribution >= 4 is 23.5 Å². The monoisotopic (exact) mass is 307 g/mol. The molecule has 3 unspecified atom stereocenters. The fourth-order valence-electron chi connectivity index (χ4n) is 3.76. The highest BCUT2D eigenvalue weighted by Gasteiger charge is 2.49. The quantitative estimate of drug-likeness (QED) is 0.934. The van der Waals surface area contributed by atoms with Crippen LogP contribution in [0.15, 0.2) is 24.3 Å². The average molecular weight is 308 g/mol. The summed E-state index contributed by atoms with van der Waals surface area (Å²) in [4.78, 5) is 25.6.